The first-order valence-electron chi connectivity index (χ1n) is 36.1. The molecule has 5 nitrogen and oxygen atoms in total. The van der Waals surface area contributed by atoms with Gasteiger partial charge in [0.2, 0.25) is 0 Å². The summed E-state index contributed by atoms with van der Waals surface area (Å²) >= 11 is 0. The van der Waals surface area contributed by atoms with E-state index < -0.39 is 5.41 Å². The molecule has 2 aliphatic rings. The van der Waals surface area contributed by atoms with Crippen LogP contribution in [0.5, 0.6) is 0 Å². The van der Waals surface area contributed by atoms with Crippen LogP contribution in [0.4, 0.5) is 51.2 Å². The summed E-state index contributed by atoms with van der Waals surface area (Å²) in [5.74, 6) is 0. The van der Waals surface area contributed by atoms with Gasteiger partial charge in [-0.15, -0.1) is 0 Å². The molecule has 0 saturated carbocycles. The Kier molecular flexibility index (Phi) is 17.2. The second-order valence-corrected chi connectivity index (χ2v) is 27.0. The van der Waals surface area contributed by atoms with Gasteiger partial charge in [-0.25, -0.2) is 0 Å². The van der Waals surface area contributed by atoms with Crippen LogP contribution in [0.3, 0.4) is 0 Å². The van der Waals surface area contributed by atoms with Gasteiger partial charge in [0, 0.05) is 74.7 Å². The molecule has 0 aliphatic heterocycles. The zero-order valence-electron chi connectivity index (χ0n) is 58.2. The van der Waals surface area contributed by atoms with Crippen LogP contribution in [0.1, 0.15) is 55.6 Å². The summed E-state index contributed by atoms with van der Waals surface area (Å²) in [5.41, 5.74) is 31.6. The van der Waals surface area contributed by atoms with Gasteiger partial charge in [-0.1, -0.05) is 285 Å². The summed E-state index contributed by atoms with van der Waals surface area (Å²) < 4.78 is 0. The second-order valence-electron chi connectivity index (χ2n) is 27.0. The molecule has 0 radical (unpaired) electrons. The van der Waals surface area contributed by atoms with Gasteiger partial charge in [0.25, 0.3) is 0 Å². The molecular formula is C101H71N5. The van der Waals surface area contributed by atoms with Gasteiger partial charge < -0.3 is 14.7 Å². The van der Waals surface area contributed by atoms with Gasteiger partial charge in [-0.2, -0.15) is 0 Å². The third-order valence-corrected chi connectivity index (χ3v) is 20.5. The minimum atomic E-state index is -0.745. The Hall–Kier alpha value is -14.0. The highest BCUT2D eigenvalue weighted by molar-refractivity contribution is 5.97. The van der Waals surface area contributed by atoms with E-state index in [1.807, 2.05) is 12.4 Å². The number of hydrogen-bond acceptors (Lipinski definition) is 5. The molecule has 1 spiro atoms. The Labute approximate surface area is 619 Å². The summed E-state index contributed by atoms with van der Waals surface area (Å²) in [7, 11) is 0. The number of nitrogens with zero attached hydrogens (tertiary/aromatic N) is 5. The monoisotopic (exact) mass is 1350 g/mol. The summed E-state index contributed by atoms with van der Waals surface area (Å²) in [6.07, 6.45) is 17.1. The molecule has 5 heteroatoms. The predicted molar refractivity (Wildman–Crippen MR) is 445 cm³/mol. The lowest BCUT2D eigenvalue weighted by molar-refractivity contribution is 0.790. The maximum atomic E-state index is 5.43. The lowest BCUT2D eigenvalue weighted by Crippen LogP contribution is -2.26. The number of hydrogen-bond donors (Lipinski definition) is 0. The normalized spacial score (nSPS) is 12.3. The molecule has 2 heterocycles. The second kappa shape index (κ2) is 28.4. The van der Waals surface area contributed by atoms with E-state index in [4.69, 9.17) is 9.97 Å². The van der Waals surface area contributed by atoms with Crippen molar-refractivity contribution in [2.45, 2.75) is 5.41 Å². The van der Waals surface area contributed by atoms with Gasteiger partial charge in [-0.05, 0) is 222 Å². The fourth-order valence-corrected chi connectivity index (χ4v) is 15.3. The highest BCUT2D eigenvalue weighted by atomic mass is 15.2. The van der Waals surface area contributed by atoms with Crippen LogP contribution in [-0.4, -0.2) is 9.97 Å². The van der Waals surface area contributed by atoms with Crippen LogP contribution in [0.25, 0.3) is 92.4 Å². The molecule has 106 heavy (non-hydrogen) atoms. The van der Waals surface area contributed by atoms with Gasteiger partial charge in [0.15, 0.2) is 0 Å². The van der Waals surface area contributed by atoms with Gasteiger partial charge >= 0.3 is 0 Å². The Bertz CT molecular complexity index is 5250. The first-order chi connectivity index (χ1) is 52.5. The molecule has 500 valence electrons. The number of aromatic nitrogens is 2. The van der Waals surface area contributed by atoms with Crippen molar-refractivity contribution in [2.75, 3.05) is 14.7 Å². The van der Waals surface area contributed by atoms with Crippen molar-refractivity contribution < 1.29 is 0 Å². The molecule has 14 aromatic carbocycles. The molecule has 0 bridgehead atoms. The molecule has 0 saturated heterocycles. The van der Waals surface area contributed by atoms with E-state index in [0.29, 0.717) is 0 Å². The van der Waals surface area contributed by atoms with E-state index in [1.54, 1.807) is 0 Å². The first-order valence-corrected chi connectivity index (χ1v) is 36.1. The van der Waals surface area contributed by atoms with Crippen molar-refractivity contribution in [2.24, 2.45) is 0 Å². The molecule has 0 N–H and O–H groups in total. The standard InChI is InChI=1S/C101H71N5/c1-7-20-84(21-8-1)104(85-22-9-2-10-23-85)90-59-45-75(46-60-90)36-33-72-39-51-78(52-40-72)81-57-65-93-94-66-58-82(79-53-41-73(42-54-79)34-37-76-47-61-91(62-48-76)105(86-24-11-3-12-25-86)87-26-13-4-14-27-87)69-97(94)101(96(93)68-81)95-32-19-67-102-99(95)100-98(101)70-83(71-103-100)80-55-43-74(44-56-80)35-38-77-49-63-92(64-50-77)106(88-28-15-5-16-29-88)89-30-17-6-18-31-89/h1-71H/b36-33+,37-34+,38-35-. The zero-order valence-corrected chi connectivity index (χ0v) is 58.2. The fourth-order valence-electron chi connectivity index (χ4n) is 15.3. The SMILES string of the molecule is C(=C/c1ccc(N(c2ccccc2)c2ccccc2)cc1)/c1ccc(-c2cnc3c(c2)C2(c4cc(-c5ccc(/C=C/c6ccc(N(c7ccccc7)c7ccccc7)cc6)cc5)ccc4-c4ccc(-c5ccc(/C=C/c6ccc(N(c7ccccc7)c7ccccc7)cc6)cc5)cc42)c2cccnc2-3)cc1. The van der Waals surface area contributed by atoms with Crippen LogP contribution < -0.4 is 14.7 Å². The average Bonchev–Trinajstić information content (AvgIpc) is 1.51. The zero-order chi connectivity index (χ0) is 70.6. The largest absolute Gasteiger partial charge is 0.311 e. The van der Waals surface area contributed by atoms with E-state index in [0.717, 1.165) is 140 Å². The van der Waals surface area contributed by atoms with E-state index in [9.17, 15) is 0 Å². The third kappa shape index (κ3) is 12.5. The predicted octanol–water partition coefficient (Wildman–Crippen LogP) is 26.7. The minimum Gasteiger partial charge on any atom is -0.311 e. The lowest BCUT2D eigenvalue weighted by Gasteiger charge is -2.30. The van der Waals surface area contributed by atoms with E-state index in [2.05, 4.69) is 433 Å². The first kappa shape index (κ1) is 64.1. The van der Waals surface area contributed by atoms with E-state index in [1.165, 1.54) is 22.3 Å². The maximum Gasteiger partial charge on any atom is 0.0937 e. The van der Waals surface area contributed by atoms with Crippen LogP contribution in [0, 0.1) is 0 Å². The Morgan fingerprint density at radius 3 is 0.764 bits per heavy atom. The van der Waals surface area contributed by atoms with Crippen molar-refractivity contribution in [3.63, 3.8) is 0 Å². The van der Waals surface area contributed by atoms with Crippen molar-refractivity contribution in [1.82, 2.24) is 9.97 Å². The quantitative estimate of drug-likeness (QED) is 0.0800. The smallest absolute Gasteiger partial charge is 0.0937 e. The summed E-state index contributed by atoms with van der Waals surface area (Å²) in [5, 5.41) is 0. The van der Waals surface area contributed by atoms with Crippen molar-refractivity contribution in [1.29, 1.82) is 0 Å². The molecule has 2 aliphatic carbocycles. The Morgan fingerprint density at radius 2 is 0.453 bits per heavy atom. The Balaban J connectivity index is 0.664. The molecular weight excluding hydrogens is 1280 g/mol. The van der Waals surface area contributed by atoms with E-state index in [-0.39, 0.29) is 0 Å². The van der Waals surface area contributed by atoms with Crippen LogP contribution in [-0.2, 0) is 5.41 Å². The molecule has 18 rings (SSSR count). The summed E-state index contributed by atoms with van der Waals surface area (Å²) in [6.45, 7) is 0. The summed E-state index contributed by atoms with van der Waals surface area (Å²) in [6, 6.07) is 137. The number of benzene rings is 14. The number of rotatable bonds is 18. The molecule has 0 atom stereocenters. The van der Waals surface area contributed by atoms with Crippen molar-refractivity contribution >= 4 is 87.6 Å². The minimum absolute atomic E-state index is 0.745. The van der Waals surface area contributed by atoms with Crippen molar-refractivity contribution in [3.8, 4) is 55.9 Å². The lowest BCUT2D eigenvalue weighted by atomic mass is 9.70. The van der Waals surface area contributed by atoms with Gasteiger partial charge in [-0.3, -0.25) is 9.97 Å². The summed E-state index contributed by atoms with van der Waals surface area (Å²) in [4.78, 5) is 17.5. The molecule has 0 amide bonds. The Morgan fingerprint density at radius 1 is 0.198 bits per heavy atom. The van der Waals surface area contributed by atoms with Gasteiger partial charge in [0.1, 0.15) is 0 Å². The number of anilines is 9. The molecule has 0 unspecified atom stereocenters. The van der Waals surface area contributed by atoms with E-state index >= 15 is 0 Å². The van der Waals surface area contributed by atoms with Crippen molar-refractivity contribution in [3.05, 3.63) is 450 Å². The van der Waals surface area contributed by atoms with Crippen LogP contribution >= 0.6 is 0 Å². The number of pyridine rings is 2. The number of fused-ring (bicyclic) bond motifs is 10. The third-order valence-electron chi connectivity index (χ3n) is 20.5. The maximum absolute atomic E-state index is 5.43. The molecule has 0 fully saturated rings. The molecule has 16 aromatic rings. The number of para-hydroxylation sites is 6. The highest BCUT2D eigenvalue weighted by Gasteiger charge is 2.53. The van der Waals surface area contributed by atoms with Crippen LogP contribution in [0.15, 0.2) is 395 Å². The highest BCUT2D eigenvalue weighted by Crippen LogP contribution is 2.63. The average molecular weight is 1350 g/mol. The fraction of sp³-hybridized carbons (Fsp3) is 0.00990. The molecule has 2 aromatic heterocycles. The van der Waals surface area contributed by atoms with Crippen LogP contribution in [0.2, 0.25) is 0 Å². The topological polar surface area (TPSA) is 35.5 Å². The van der Waals surface area contributed by atoms with Gasteiger partial charge in [0.05, 0.1) is 16.8 Å².